The Morgan fingerprint density at radius 3 is 2.50 bits per heavy atom. The Bertz CT molecular complexity index is 386. The zero-order chi connectivity index (χ0) is 13.5. The molecule has 3 nitrogen and oxygen atoms in total. The predicted molar refractivity (Wildman–Crippen MR) is 76.8 cm³/mol. The van der Waals surface area contributed by atoms with Crippen LogP contribution in [0.3, 0.4) is 0 Å². The van der Waals surface area contributed by atoms with Gasteiger partial charge >= 0.3 is 0 Å². The van der Waals surface area contributed by atoms with E-state index in [2.05, 4.69) is 24.5 Å². The first-order valence-corrected chi connectivity index (χ1v) is 6.70. The maximum absolute atomic E-state index is 12.0. The number of aryl methyl sites for hydroxylation is 1. The normalized spacial score (nSPS) is 12.3. The molecule has 0 radical (unpaired) electrons. The van der Waals surface area contributed by atoms with E-state index in [0.29, 0.717) is 0 Å². The van der Waals surface area contributed by atoms with Crippen LogP contribution in [0.25, 0.3) is 0 Å². The van der Waals surface area contributed by atoms with Crippen LogP contribution in [0.5, 0.6) is 0 Å². The van der Waals surface area contributed by atoms with Crippen molar-refractivity contribution in [2.75, 3.05) is 5.32 Å². The van der Waals surface area contributed by atoms with Crippen molar-refractivity contribution in [2.45, 2.75) is 52.6 Å². The molecule has 0 fully saturated rings. The van der Waals surface area contributed by atoms with E-state index in [9.17, 15) is 4.79 Å². The highest BCUT2D eigenvalue weighted by atomic mass is 16.2. The van der Waals surface area contributed by atoms with Gasteiger partial charge in [0.25, 0.3) is 0 Å². The monoisotopic (exact) mass is 248 g/mol. The molecular weight excluding hydrogens is 224 g/mol. The summed E-state index contributed by atoms with van der Waals surface area (Å²) >= 11 is 0. The van der Waals surface area contributed by atoms with Gasteiger partial charge in [0, 0.05) is 11.7 Å². The van der Waals surface area contributed by atoms with E-state index in [1.54, 1.807) is 0 Å². The molecule has 0 aromatic heterocycles. The highest BCUT2D eigenvalue weighted by Crippen LogP contribution is 2.11. The Balaban J connectivity index is 2.54. The average Bonchev–Trinajstić information content (AvgIpc) is 2.35. The number of carbonyl (C=O) groups excluding carboxylic acids is 1. The fourth-order valence-electron chi connectivity index (χ4n) is 1.87. The maximum atomic E-state index is 12.0. The molecule has 0 aliphatic carbocycles. The van der Waals surface area contributed by atoms with Gasteiger partial charge in [0.1, 0.15) is 6.04 Å². The molecule has 1 rings (SSSR count). The molecule has 0 aliphatic rings. The lowest BCUT2D eigenvalue weighted by Gasteiger charge is -2.20. The van der Waals surface area contributed by atoms with Crippen molar-refractivity contribution in [3.05, 3.63) is 29.8 Å². The minimum atomic E-state index is -0.215. The van der Waals surface area contributed by atoms with Crippen LogP contribution in [0.4, 0.5) is 5.69 Å². The van der Waals surface area contributed by atoms with Gasteiger partial charge in [0.15, 0.2) is 0 Å². The average molecular weight is 248 g/mol. The molecule has 0 saturated carbocycles. The molecule has 0 aliphatic heterocycles. The van der Waals surface area contributed by atoms with Gasteiger partial charge in [-0.1, -0.05) is 26.0 Å². The third-order valence-corrected chi connectivity index (χ3v) is 3.13. The summed E-state index contributed by atoms with van der Waals surface area (Å²) in [5.74, 6) is 0.0604. The van der Waals surface area contributed by atoms with Crippen molar-refractivity contribution in [3.8, 4) is 0 Å². The van der Waals surface area contributed by atoms with Crippen LogP contribution in [-0.4, -0.2) is 18.0 Å². The Kier molecular flexibility index (Phi) is 5.69. The Labute approximate surface area is 110 Å². The minimum Gasteiger partial charge on any atom is -0.374 e. The van der Waals surface area contributed by atoms with Crippen LogP contribution < -0.4 is 10.6 Å². The molecule has 100 valence electrons. The van der Waals surface area contributed by atoms with E-state index >= 15 is 0 Å². The molecule has 1 atom stereocenters. The van der Waals surface area contributed by atoms with Crippen molar-refractivity contribution in [1.82, 2.24) is 5.32 Å². The number of carbonyl (C=O) groups is 1. The number of anilines is 1. The second-order valence-electron chi connectivity index (χ2n) is 4.76. The summed E-state index contributed by atoms with van der Waals surface area (Å²) in [6, 6.07) is 8.12. The number of hydrogen-bond acceptors (Lipinski definition) is 2. The molecule has 1 aromatic rings. The van der Waals surface area contributed by atoms with E-state index in [1.807, 2.05) is 38.1 Å². The van der Waals surface area contributed by atoms with Crippen LogP contribution in [0, 0.1) is 6.92 Å². The fraction of sp³-hybridized carbons (Fsp3) is 0.533. The zero-order valence-electron chi connectivity index (χ0n) is 11.8. The lowest BCUT2D eigenvalue weighted by atomic mass is 10.1. The van der Waals surface area contributed by atoms with Crippen LogP contribution in [0.2, 0.25) is 0 Å². The molecule has 1 aromatic carbocycles. The minimum absolute atomic E-state index is 0.0604. The molecule has 2 N–H and O–H groups in total. The first-order valence-electron chi connectivity index (χ1n) is 6.70. The van der Waals surface area contributed by atoms with Crippen molar-refractivity contribution in [1.29, 1.82) is 0 Å². The van der Waals surface area contributed by atoms with E-state index < -0.39 is 0 Å². The van der Waals surface area contributed by atoms with E-state index in [0.717, 1.165) is 18.5 Å². The van der Waals surface area contributed by atoms with Gasteiger partial charge in [-0.15, -0.1) is 0 Å². The van der Waals surface area contributed by atoms with Gasteiger partial charge in [0.05, 0.1) is 0 Å². The first-order chi connectivity index (χ1) is 8.56. The standard InChI is InChI=1S/C15H24N2O/c1-5-13(6-2)17-15(18)12(4)16-14-9-7-8-11(3)10-14/h7-10,12-13,16H,5-6H2,1-4H3,(H,17,18). The van der Waals surface area contributed by atoms with Crippen molar-refractivity contribution in [2.24, 2.45) is 0 Å². The van der Waals surface area contributed by atoms with Gasteiger partial charge in [-0.2, -0.15) is 0 Å². The van der Waals surface area contributed by atoms with Crippen molar-refractivity contribution >= 4 is 11.6 Å². The molecule has 0 spiro atoms. The van der Waals surface area contributed by atoms with E-state index in [4.69, 9.17) is 0 Å². The number of nitrogens with one attached hydrogen (secondary N) is 2. The van der Waals surface area contributed by atoms with Crippen molar-refractivity contribution < 1.29 is 4.79 Å². The highest BCUT2D eigenvalue weighted by molar-refractivity contribution is 5.84. The second-order valence-corrected chi connectivity index (χ2v) is 4.76. The highest BCUT2D eigenvalue weighted by Gasteiger charge is 2.15. The van der Waals surface area contributed by atoms with Crippen LogP contribution in [0.1, 0.15) is 39.2 Å². The largest absolute Gasteiger partial charge is 0.374 e. The molecule has 18 heavy (non-hydrogen) atoms. The summed E-state index contributed by atoms with van der Waals surface area (Å²) < 4.78 is 0. The predicted octanol–water partition coefficient (Wildman–Crippen LogP) is 3.10. The van der Waals surface area contributed by atoms with Gasteiger partial charge in [-0.3, -0.25) is 4.79 Å². The second kappa shape index (κ2) is 7.04. The van der Waals surface area contributed by atoms with Gasteiger partial charge in [-0.25, -0.2) is 0 Å². The molecular formula is C15H24N2O. The number of benzene rings is 1. The lowest BCUT2D eigenvalue weighted by molar-refractivity contribution is -0.122. The summed E-state index contributed by atoms with van der Waals surface area (Å²) in [6.07, 6.45) is 1.94. The SMILES string of the molecule is CCC(CC)NC(=O)C(C)Nc1cccc(C)c1. The molecule has 1 amide bonds. The Hall–Kier alpha value is -1.51. The number of rotatable bonds is 6. The molecule has 0 bridgehead atoms. The first kappa shape index (κ1) is 14.6. The smallest absolute Gasteiger partial charge is 0.242 e. The maximum Gasteiger partial charge on any atom is 0.242 e. The summed E-state index contributed by atoms with van der Waals surface area (Å²) in [5.41, 5.74) is 2.18. The van der Waals surface area contributed by atoms with Crippen LogP contribution in [-0.2, 0) is 4.79 Å². The summed E-state index contributed by atoms with van der Waals surface area (Å²) in [5, 5.41) is 6.27. The third-order valence-electron chi connectivity index (χ3n) is 3.13. The van der Waals surface area contributed by atoms with E-state index in [-0.39, 0.29) is 18.0 Å². The third kappa shape index (κ3) is 4.40. The lowest BCUT2D eigenvalue weighted by Crippen LogP contribution is -2.42. The quantitative estimate of drug-likeness (QED) is 0.812. The number of amides is 1. The fourth-order valence-corrected chi connectivity index (χ4v) is 1.87. The summed E-state index contributed by atoms with van der Waals surface area (Å²) in [7, 11) is 0. The topological polar surface area (TPSA) is 41.1 Å². The Morgan fingerprint density at radius 2 is 1.94 bits per heavy atom. The number of hydrogen-bond donors (Lipinski definition) is 2. The summed E-state index contributed by atoms with van der Waals surface area (Å²) in [4.78, 5) is 12.0. The Morgan fingerprint density at radius 1 is 1.28 bits per heavy atom. The summed E-state index contributed by atoms with van der Waals surface area (Å²) in [6.45, 7) is 8.11. The van der Waals surface area contributed by atoms with Gasteiger partial charge in [0.2, 0.25) is 5.91 Å². The van der Waals surface area contributed by atoms with Crippen LogP contribution >= 0.6 is 0 Å². The molecule has 0 saturated heterocycles. The van der Waals surface area contributed by atoms with Crippen LogP contribution in [0.15, 0.2) is 24.3 Å². The molecule has 1 unspecified atom stereocenters. The molecule has 3 heteroatoms. The van der Waals surface area contributed by atoms with Crippen molar-refractivity contribution in [3.63, 3.8) is 0 Å². The van der Waals surface area contributed by atoms with Gasteiger partial charge < -0.3 is 10.6 Å². The molecule has 0 heterocycles. The zero-order valence-corrected chi connectivity index (χ0v) is 11.8. The van der Waals surface area contributed by atoms with E-state index in [1.165, 1.54) is 5.56 Å². The van der Waals surface area contributed by atoms with Gasteiger partial charge in [-0.05, 0) is 44.4 Å².